The largest absolute Gasteiger partial charge is 0.468 e. The summed E-state index contributed by atoms with van der Waals surface area (Å²) in [5.41, 5.74) is 0. The van der Waals surface area contributed by atoms with Crippen LogP contribution < -0.4 is 0 Å². The predicted molar refractivity (Wildman–Crippen MR) is 61.3 cm³/mol. The normalized spacial score (nSPS) is 18.4. The Morgan fingerprint density at radius 3 is 2.50 bits per heavy atom. The fraction of sp³-hybridized carbons (Fsp3) is 0.818. The maximum absolute atomic E-state index is 11.1. The van der Waals surface area contributed by atoms with Crippen LogP contribution in [0.1, 0.15) is 25.7 Å². The minimum atomic E-state index is -0.253. The number of piperidine rings is 1. The van der Waals surface area contributed by atoms with Crippen molar-refractivity contribution in [1.29, 1.82) is 0 Å². The molecule has 0 aromatic rings. The van der Waals surface area contributed by atoms with Crippen LogP contribution in [0.5, 0.6) is 0 Å². The smallest absolute Gasteiger partial charge is 0.319 e. The van der Waals surface area contributed by atoms with Crippen LogP contribution >= 0.6 is 11.6 Å². The first kappa shape index (κ1) is 13.5. The third-order valence-corrected chi connectivity index (χ3v) is 3.23. The highest BCUT2D eigenvalue weighted by molar-refractivity contribution is 6.63. The second-order valence-corrected chi connectivity index (χ2v) is 4.61. The van der Waals surface area contributed by atoms with Gasteiger partial charge in [0.15, 0.2) is 0 Å². The molecule has 0 saturated carbocycles. The van der Waals surface area contributed by atoms with Gasteiger partial charge in [0.1, 0.15) is 0 Å². The first-order chi connectivity index (χ1) is 7.61. The van der Waals surface area contributed by atoms with Crippen LogP contribution in [0, 0.1) is 5.92 Å². The Balaban J connectivity index is 2.18. The number of hydrogen-bond acceptors (Lipinski definition) is 4. The summed E-state index contributed by atoms with van der Waals surface area (Å²) in [6, 6.07) is 0. The number of esters is 1. The van der Waals surface area contributed by atoms with E-state index in [-0.39, 0.29) is 11.2 Å². The fourth-order valence-electron chi connectivity index (χ4n) is 2.00. The maximum atomic E-state index is 11.1. The molecule has 0 aromatic carbocycles. The Bertz CT molecular complexity index is 250. The van der Waals surface area contributed by atoms with Gasteiger partial charge < -0.3 is 4.74 Å². The first-order valence-corrected chi connectivity index (χ1v) is 5.97. The van der Waals surface area contributed by atoms with Crippen LogP contribution in [-0.2, 0) is 14.3 Å². The van der Waals surface area contributed by atoms with Gasteiger partial charge in [0.05, 0.1) is 13.7 Å². The molecular formula is C11H18ClNO3. The van der Waals surface area contributed by atoms with Crippen molar-refractivity contribution in [2.45, 2.75) is 25.7 Å². The van der Waals surface area contributed by atoms with Crippen LogP contribution in [0.25, 0.3) is 0 Å². The second kappa shape index (κ2) is 6.86. The van der Waals surface area contributed by atoms with E-state index in [0.717, 1.165) is 32.4 Å². The molecule has 1 rings (SSSR count). The van der Waals surface area contributed by atoms with Crippen molar-refractivity contribution in [1.82, 2.24) is 4.90 Å². The fourth-order valence-corrected chi connectivity index (χ4v) is 2.11. The highest BCUT2D eigenvalue weighted by atomic mass is 35.5. The molecule has 0 radical (unpaired) electrons. The number of carbonyl (C=O) groups is 2. The minimum absolute atomic E-state index is 0.186. The van der Waals surface area contributed by atoms with Gasteiger partial charge in [-0.05, 0) is 49.9 Å². The van der Waals surface area contributed by atoms with E-state index in [1.807, 2.05) is 0 Å². The van der Waals surface area contributed by atoms with E-state index in [1.54, 1.807) is 0 Å². The maximum Gasteiger partial charge on any atom is 0.319 e. The number of likely N-dealkylation sites (tertiary alicyclic amines) is 1. The van der Waals surface area contributed by atoms with Gasteiger partial charge in [0.2, 0.25) is 5.24 Å². The van der Waals surface area contributed by atoms with Crippen molar-refractivity contribution in [3.05, 3.63) is 0 Å². The van der Waals surface area contributed by atoms with Crippen molar-refractivity contribution < 1.29 is 14.3 Å². The van der Waals surface area contributed by atoms with Crippen molar-refractivity contribution in [3.63, 3.8) is 0 Å². The molecule has 0 unspecified atom stereocenters. The second-order valence-electron chi connectivity index (χ2n) is 4.19. The van der Waals surface area contributed by atoms with E-state index >= 15 is 0 Å². The number of halogens is 1. The average molecular weight is 248 g/mol. The zero-order valence-electron chi connectivity index (χ0n) is 9.58. The lowest BCUT2D eigenvalue weighted by molar-refractivity contribution is -0.142. The molecule has 0 amide bonds. The Morgan fingerprint density at radius 2 is 2.00 bits per heavy atom. The van der Waals surface area contributed by atoms with Crippen molar-refractivity contribution in [3.8, 4) is 0 Å². The topological polar surface area (TPSA) is 46.6 Å². The Labute approximate surface area is 101 Å². The SMILES string of the molecule is COC(=O)CN1CCC(CCC(=O)Cl)CC1. The Morgan fingerprint density at radius 1 is 1.38 bits per heavy atom. The summed E-state index contributed by atoms with van der Waals surface area (Å²) in [6.45, 7) is 2.17. The molecule has 0 N–H and O–H groups in total. The summed E-state index contributed by atoms with van der Waals surface area (Å²) in [5, 5.41) is -0.253. The van der Waals surface area contributed by atoms with Crippen LogP contribution in [0.2, 0.25) is 0 Å². The average Bonchev–Trinajstić information content (AvgIpc) is 2.28. The number of carbonyl (C=O) groups excluding carboxylic acids is 2. The van der Waals surface area contributed by atoms with Crippen LogP contribution in [-0.4, -0.2) is 42.9 Å². The molecule has 1 fully saturated rings. The van der Waals surface area contributed by atoms with Gasteiger partial charge in [-0.3, -0.25) is 14.5 Å². The quantitative estimate of drug-likeness (QED) is 0.545. The van der Waals surface area contributed by atoms with Crippen LogP contribution in [0.3, 0.4) is 0 Å². The van der Waals surface area contributed by atoms with Crippen molar-refractivity contribution >= 4 is 22.8 Å². The van der Waals surface area contributed by atoms with Crippen LogP contribution in [0.15, 0.2) is 0 Å². The summed E-state index contributed by atoms with van der Waals surface area (Å²) < 4.78 is 4.62. The summed E-state index contributed by atoms with van der Waals surface area (Å²) in [6.07, 6.45) is 3.39. The summed E-state index contributed by atoms with van der Waals surface area (Å²) >= 11 is 5.30. The van der Waals surface area contributed by atoms with Gasteiger partial charge in [-0.2, -0.15) is 0 Å². The van der Waals surface area contributed by atoms with Gasteiger partial charge in [-0.15, -0.1) is 0 Å². The number of rotatable bonds is 5. The third-order valence-electron chi connectivity index (χ3n) is 3.04. The predicted octanol–water partition coefficient (Wildman–Crippen LogP) is 1.42. The lowest BCUT2D eigenvalue weighted by Gasteiger charge is -2.30. The number of hydrogen-bond donors (Lipinski definition) is 0. The molecule has 0 bridgehead atoms. The Kier molecular flexibility index (Phi) is 5.77. The van der Waals surface area contributed by atoms with Gasteiger partial charge >= 0.3 is 5.97 Å². The van der Waals surface area contributed by atoms with Crippen molar-refractivity contribution in [2.24, 2.45) is 5.92 Å². The molecule has 0 spiro atoms. The van der Waals surface area contributed by atoms with E-state index in [4.69, 9.17) is 11.6 Å². The van der Waals surface area contributed by atoms with Gasteiger partial charge in [0, 0.05) is 6.42 Å². The first-order valence-electron chi connectivity index (χ1n) is 5.59. The molecule has 1 saturated heterocycles. The van der Waals surface area contributed by atoms with E-state index in [0.29, 0.717) is 18.9 Å². The van der Waals surface area contributed by atoms with E-state index in [9.17, 15) is 9.59 Å². The molecular weight excluding hydrogens is 230 g/mol. The molecule has 5 heteroatoms. The molecule has 1 heterocycles. The van der Waals surface area contributed by atoms with Crippen molar-refractivity contribution in [2.75, 3.05) is 26.7 Å². The monoisotopic (exact) mass is 247 g/mol. The summed E-state index contributed by atoms with van der Waals surface area (Å²) in [7, 11) is 1.40. The zero-order chi connectivity index (χ0) is 12.0. The summed E-state index contributed by atoms with van der Waals surface area (Å²) in [4.78, 5) is 23.8. The van der Waals surface area contributed by atoms with Crippen LogP contribution in [0.4, 0.5) is 0 Å². The minimum Gasteiger partial charge on any atom is -0.468 e. The highest BCUT2D eigenvalue weighted by Crippen LogP contribution is 2.22. The van der Waals surface area contributed by atoms with Gasteiger partial charge in [-0.25, -0.2) is 0 Å². The number of methoxy groups -OCH3 is 1. The molecule has 4 nitrogen and oxygen atoms in total. The lowest BCUT2D eigenvalue weighted by Crippen LogP contribution is -2.37. The number of nitrogens with zero attached hydrogens (tertiary/aromatic N) is 1. The molecule has 92 valence electrons. The molecule has 0 aliphatic carbocycles. The summed E-state index contributed by atoms with van der Waals surface area (Å²) in [5.74, 6) is 0.381. The van der Waals surface area contributed by atoms with E-state index in [1.165, 1.54) is 7.11 Å². The standard InChI is InChI=1S/C11H18ClNO3/c1-16-11(15)8-13-6-4-9(5-7-13)2-3-10(12)14/h9H,2-8H2,1H3. The number of ether oxygens (including phenoxy) is 1. The third kappa shape index (κ3) is 4.94. The van der Waals surface area contributed by atoms with E-state index < -0.39 is 0 Å². The zero-order valence-corrected chi connectivity index (χ0v) is 10.3. The molecule has 1 aliphatic heterocycles. The highest BCUT2D eigenvalue weighted by Gasteiger charge is 2.21. The van der Waals surface area contributed by atoms with Gasteiger partial charge in [0.25, 0.3) is 0 Å². The molecule has 1 aliphatic rings. The van der Waals surface area contributed by atoms with E-state index in [2.05, 4.69) is 9.64 Å². The molecule has 0 atom stereocenters. The molecule has 16 heavy (non-hydrogen) atoms. The Hall–Kier alpha value is -0.610. The molecule has 0 aromatic heterocycles. The van der Waals surface area contributed by atoms with Gasteiger partial charge in [-0.1, -0.05) is 0 Å². The lowest BCUT2D eigenvalue weighted by atomic mass is 9.92.